The van der Waals surface area contributed by atoms with Crippen LogP contribution in [0.15, 0.2) is 12.4 Å². The Morgan fingerprint density at radius 2 is 2.04 bits per heavy atom. The molecule has 0 aromatic carbocycles. The third-order valence-corrected chi connectivity index (χ3v) is 4.76. The van der Waals surface area contributed by atoms with Gasteiger partial charge in [-0.1, -0.05) is 0 Å². The van der Waals surface area contributed by atoms with Crippen LogP contribution < -0.4 is 9.64 Å². The number of aromatic nitrogens is 2. The van der Waals surface area contributed by atoms with Gasteiger partial charge in [-0.2, -0.15) is 0 Å². The molecule has 23 heavy (non-hydrogen) atoms. The molecule has 1 amide bonds. The van der Waals surface area contributed by atoms with Crippen LogP contribution in [-0.2, 0) is 4.79 Å². The van der Waals surface area contributed by atoms with Crippen LogP contribution >= 0.6 is 0 Å². The normalized spacial score (nSPS) is 20.0. The lowest BCUT2D eigenvalue weighted by atomic mass is 9.95. The predicted molar refractivity (Wildman–Crippen MR) is 88.6 cm³/mol. The minimum atomic E-state index is 0.343. The number of carbonyl (C=O) groups is 1. The minimum Gasteiger partial charge on any atom is -0.478 e. The van der Waals surface area contributed by atoms with Crippen molar-refractivity contribution in [1.29, 1.82) is 0 Å². The lowest BCUT2D eigenvalue weighted by Crippen LogP contribution is -2.42. The monoisotopic (exact) mass is 318 g/mol. The number of piperidine rings is 2. The number of ether oxygens (including phenoxy) is 1. The zero-order valence-corrected chi connectivity index (χ0v) is 13.9. The minimum absolute atomic E-state index is 0.343. The van der Waals surface area contributed by atoms with Crippen LogP contribution in [0.25, 0.3) is 0 Å². The van der Waals surface area contributed by atoms with Gasteiger partial charge in [0.1, 0.15) is 12.1 Å². The summed E-state index contributed by atoms with van der Waals surface area (Å²) in [5, 5.41) is 0. The summed E-state index contributed by atoms with van der Waals surface area (Å²) in [6.45, 7) is 6.41. The van der Waals surface area contributed by atoms with Crippen LogP contribution in [-0.4, -0.2) is 53.6 Å². The van der Waals surface area contributed by atoms with Crippen molar-refractivity contribution in [2.45, 2.75) is 39.0 Å². The van der Waals surface area contributed by atoms with E-state index in [1.54, 1.807) is 6.33 Å². The second-order valence-corrected chi connectivity index (χ2v) is 6.37. The van der Waals surface area contributed by atoms with E-state index in [9.17, 15) is 4.79 Å². The summed E-state index contributed by atoms with van der Waals surface area (Å²) in [4.78, 5) is 24.8. The first-order valence-electron chi connectivity index (χ1n) is 8.74. The molecule has 0 saturated carbocycles. The van der Waals surface area contributed by atoms with Crippen LogP contribution in [0.1, 0.15) is 39.0 Å². The van der Waals surface area contributed by atoms with E-state index in [2.05, 4.69) is 19.8 Å². The van der Waals surface area contributed by atoms with Crippen molar-refractivity contribution in [3.63, 3.8) is 0 Å². The van der Waals surface area contributed by atoms with Gasteiger partial charge in [-0.3, -0.25) is 4.79 Å². The van der Waals surface area contributed by atoms with Crippen LogP contribution in [0, 0.1) is 5.92 Å². The van der Waals surface area contributed by atoms with Crippen molar-refractivity contribution in [3.05, 3.63) is 12.4 Å². The molecule has 1 aromatic heterocycles. The Bertz CT molecular complexity index is 529. The van der Waals surface area contributed by atoms with Gasteiger partial charge < -0.3 is 14.5 Å². The first-order chi connectivity index (χ1) is 11.3. The molecule has 6 nitrogen and oxygen atoms in total. The molecule has 3 rings (SSSR count). The summed E-state index contributed by atoms with van der Waals surface area (Å²) in [6, 6.07) is 1.91. The summed E-state index contributed by atoms with van der Waals surface area (Å²) >= 11 is 0. The van der Waals surface area contributed by atoms with Crippen LogP contribution in [0.2, 0.25) is 0 Å². The molecule has 0 N–H and O–H groups in total. The van der Waals surface area contributed by atoms with Crippen LogP contribution in [0.5, 0.6) is 5.88 Å². The summed E-state index contributed by atoms with van der Waals surface area (Å²) in [6.07, 6.45) is 6.74. The molecule has 6 heteroatoms. The number of nitrogens with zero attached hydrogens (tertiary/aromatic N) is 4. The van der Waals surface area contributed by atoms with Gasteiger partial charge in [-0.15, -0.1) is 0 Å². The van der Waals surface area contributed by atoms with Crippen molar-refractivity contribution < 1.29 is 9.53 Å². The van der Waals surface area contributed by atoms with Crippen molar-refractivity contribution in [2.75, 3.05) is 37.7 Å². The lowest BCUT2D eigenvalue weighted by molar-refractivity contribution is -0.134. The first-order valence-corrected chi connectivity index (χ1v) is 8.74. The largest absolute Gasteiger partial charge is 0.478 e. The molecule has 2 fully saturated rings. The number of likely N-dealkylation sites (tertiary alicyclic amines) is 1. The number of anilines is 1. The average molecular weight is 318 g/mol. The Balaban J connectivity index is 1.52. The summed E-state index contributed by atoms with van der Waals surface area (Å²) in [5.74, 6) is 2.53. The third-order valence-electron chi connectivity index (χ3n) is 4.76. The number of amides is 1. The molecule has 0 spiro atoms. The molecule has 0 atom stereocenters. The van der Waals surface area contributed by atoms with E-state index in [0.717, 1.165) is 64.1 Å². The highest BCUT2D eigenvalue weighted by molar-refractivity contribution is 5.76. The molecule has 0 bridgehead atoms. The Morgan fingerprint density at radius 3 is 2.78 bits per heavy atom. The average Bonchev–Trinajstić information content (AvgIpc) is 2.58. The maximum atomic E-state index is 11.9. The van der Waals surface area contributed by atoms with Gasteiger partial charge in [0.15, 0.2) is 0 Å². The molecule has 0 radical (unpaired) electrons. The van der Waals surface area contributed by atoms with Gasteiger partial charge in [0.25, 0.3) is 0 Å². The van der Waals surface area contributed by atoms with E-state index < -0.39 is 0 Å². The van der Waals surface area contributed by atoms with E-state index in [-0.39, 0.29) is 0 Å². The molecule has 2 saturated heterocycles. The van der Waals surface area contributed by atoms with Gasteiger partial charge in [0, 0.05) is 38.7 Å². The number of hydrogen-bond donors (Lipinski definition) is 0. The van der Waals surface area contributed by atoms with Crippen molar-refractivity contribution in [1.82, 2.24) is 14.9 Å². The second kappa shape index (κ2) is 7.62. The van der Waals surface area contributed by atoms with Gasteiger partial charge >= 0.3 is 0 Å². The second-order valence-electron chi connectivity index (χ2n) is 6.37. The fourth-order valence-corrected chi connectivity index (χ4v) is 3.44. The summed E-state index contributed by atoms with van der Waals surface area (Å²) in [5.41, 5.74) is 0. The molecular weight excluding hydrogens is 292 g/mol. The van der Waals surface area contributed by atoms with Crippen molar-refractivity contribution >= 4 is 11.7 Å². The van der Waals surface area contributed by atoms with Gasteiger partial charge in [-0.05, 0) is 38.5 Å². The highest BCUT2D eigenvalue weighted by atomic mass is 16.5. The lowest BCUT2D eigenvalue weighted by Gasteiger charge is -2.36. The van der Waals surface area contributed by atoms with E-state index >= 15 is 0 Å². The molecule has 1 aromatic rings. The number of carbonyl (C=O) groups excluding carboxylic acids is 1. The highest BCUT2D eigenvalue weighted by Gasteiger charge is 2.25. The van der Waals surface area contributed by atoms with Crippen LogP contribution in [0.3, 0.4) is 0 Å². The van der Waals surface area contributed by atoms with Gasteiger partial charge in [0.05, 0.1) is 6.61 Å². The number of hydrogen-bond acceptors (Lipinski definition) is 5. The quantitative estimate of drug-likeness (QED) is 0.832. The maximum Gasteiger partial charge on any atom is 0.222 e. The smallest absolute Gasteiger partial charge is 0.222 e. The standard InChI is InChI=1S/C17H26N4O2/c1-2-23-16-11-15(18-13-19-16)20-9-6-14(7-10-20)12-21-8-4-3-5-17(21)22/h11,13-14H,2-10,12H2,1H3. The molecule has 126 valence electrons. The Hall–Kier alpha value is -1.85. The molecular formula is C17H26N4O2. The van der Waals surface area contributed by atoms with Crippen molar-refractivity contribution in [3.8, 4) is 5.88 Å². The maximum absolute atomic E-state index is 11.9. The van der Waals surface area contributed by atoms with Crippen LogP contribution in [0.4, 0.5) is 5.82 Å². The fraction of sp³-hybridized carbons (Fsp3) is 0.706. The zero-order valence-electron chi connectivity index (χ0n) is 13.9. The molecule has 3 heterocycles. The van der Waals surface area contributed by atoms with Gasteiger partial charge in [-0.25, -0.2) is 9.97 Å². The molecule has 0 aliphatic carbocycles. The Kier molecular flexibility index (Phi) is 5.31. The zero-order chi connectivity index (χ0) is 16.1. The highest BCUT2D eigenvalue weighted by Crippen LogP contribution is 2.25. The third kappa shape index (κ3) is 4.12. The first kappa shape index (κ1) is 16.0. The summed E-state index contributed by atoms with van der Waals surface area (Å²) in [7, 11) is 0. The van der Waals surface area contributed by atoms with E-state index in [1.807, 2.05) is 13.0 Å². The van der Waals surface area contributed by atoms with E-state index in [1.165, 1.54) is 0 Å². The fourth-order valence-electron chi connectivity index (χ4n) is 3.44. The molecule has 0 unspecified atom stereocenters. The predicted octanol–water partition coefficient (Wildman–Crippen LogP) is 2.10. The summed E-state index contributed by atoms with van der Waals surface area (Å²) < 4.78 is 5.45. The molecule has 2 aliphatic rings. The Labute approximate surface area is 137 Å². The van der Waals surface area contributed by atoms with E-state index in [4.69, 9.17) is 4.74 Å². The molecule has 2 aliphatic heterocycles. The van der Waals surface area contributed by atoms with Crippen molar-refractivity contribution in [2.24, 2.45) is 5.92 Å². The van der Waals surface area contributed by atoms with Gasteiger partial charge in [0.2, 0.25) is 11.8 Å². The Morgan fingerprint density at radius 1 is 1.22 bits per heavy atom. The topological polar surface area (TPSA) is 58.6 Å². The SMILES string of the molecule is CCOc1cc(N2CCC(CN3CCCCC3=O)CC2)ncn1. The number of rotatable bonds is 5. The van der Waals surface area contributed by atoms with E-state index in [0.29, 0.717) is 24.3 Å².